The third-order valence-corrected chi connectivity index (χ3v) is 9.28. The van der Waals surface area contributed by atoms with E-state index in [-0.39, 0.29) is 23.9 Å². The summed E-state index contributed by atoms with van der Waals surface area (Å²) in [6, 6.07) is 12.4. The van der Waals surface area contributed by atoms with E-state index in [2.05, 4.69) is 0 Å². The molecule has 0 saturated carbocycles. The van der Waals surface area contributed by atoms with E-state index in [1.807, 2.05) is 0 Å². The van der Waals surface area contributed by atoms with Gasteiger partial charge in [0.2, 0.25) is 0 Å². The Bertz CT molecular complexity index is 1100. The number of nitrogens with zero attached hydrogens (tertiary/aromatic N) is 1. The smallest absolute Gasteiger partial charge is 0.376 e. The van der Waals surface area contributed by atoms with Crippen LogP contribution in [0.5, 0.6) is 0 Å². The van der Waals surface area contributed by atoms with Gasteiger partial charge in [-0.15, -0.1) is 0 Å². The van der Waals surface area contributed by atoms with Crippen molar-refractivity contribution in [3.05, 3.63) is 65.7 Å². The number of rotatable bonds is 5. The number of hydrogen-bond acceptors (Lipinski definition) is 4. The number of amides is 1. The number of aliphatic hydroxyl groups is 1. The van der Waals surface area contributed by atoms with Crippen molar-refractivity contribution < 1.29 is 31.5 Å². The van der Waals surface area contributed by atoms with Crippen LogP contribution < -0.4 is 0 Å². The van der Waals surface area contributed by atoms with E-state index in [1.54, 1.807) is 30.3 Å². The van der Waals surface area contributed by atoms with Gasteiger partial charge in [0.1, 0.15) is 0 Å². The topological polar surface area (TPSA) is 74.7 Å². The Morgan fingerprint density at radius 2 is 1.48 bits per heavy atom. The molecular weight excluding hydrogens is 455 g/mol. The molecule has 1 saturated heterocycles. The van der Waals surface area contributed by atoms with Gasteiger partial charge in [-0.05, 0) is 63.3 Å². The van der Waals surface area contributed by atoms with Crippen LogP contribution >= 0.6 is 0 Å². The summed E-state index contributed by atoms with van der Waals surface area (Å²) in [4.78, 5) is 14.1. The van der Waals surface area contributed by atoms with Crippen LogP contribution in [0.1, 0.15) is 44.7 Å². The Hall–Kier alpha value is -2.39. The maximum absolute atomic E-state index is 13.3. The Labute approximate surface area is 192 Å². The van der Waals surface area contributed by atoms with Gasteiger partial charge in [0.25, 0.3) is 5.91 Å². The van der Waals surface area contributed by atoms with Crippen LogP contribution in [0.15, 0.2) is 59.5 Å². The van der Waals surface area contributed by atoms with Crippen LogP contribution in [0, 0.1) is 5.92 Å². The molecule has 0 spiro atoms. The van der Waals surface area contributed by atoms with Gasteiger partial charge >= 0.3 is 6.18 Å². The molecule has 9 heteroatoms. The predicted molar refractivity (Wildman–Crippen MR) is 118 cm³/mol. The molecule has 33 heavy (non-hydrogen) atoms. The summed E-state index contributed by atoms with van der Waals surface area (Å²) < 4.78 is 64.5. The lowest BCUT2D eigenvalue weighted by Gasteiger charge is -2.41. The highest BCUT2D eigenvalue weighted by molar-refractivity contribution is 7.92. The lowest BCUT2D eigenvalue weighted by Crippen LogP contribution is -2.51. The largest absolute Gasteiger partial charge is 0.416 e. The third-order valence-electron chi connectivity index (χ3n) is 6.68. The first-order valence-electron chi connectivity index (χ1n) is 10.7. The van der Waals surface area contributed by atoms with Gasteiger partial charge in [-0.1, -0.05) is 36.4 Å². The van der Waals surface area contributed by atoms with Crippen LogP contribution in [0.3, 0.4) is 0 Å². The Morgan fingerprint density at radius 3 is 2.03 bits per heavy atom. The van der Waals surface area contributed by atoms with Crippen LogP contribution in [0.25, 0.3) is 0 Å². The van der Waals surface area contributed by atoms with Gasteiger partial charge in [-0.2, -0.15) is 13.2 Å². The van der Waals surface area contributed by atoms with Gasteiger partial charge in [-0.25, -0.2) is 8.42 Å². The number of benzene rings is 2. The second kappa shape index (κ2) is 8.76. The second-order valence-electron chi connectivity index (χ2n) is 9.14. The van der Waals surface area contributed by atoms with E-state index >= 15 is 0 Å². The molecule has 1 N–H and O–H groups in total. The first kappa shape index (κ1) is 25.2. The molecule has 1 fully saturated rings. The number of carbonyl (C=O) groups is 1. The van der Waals surface area contributed by atoms with E-state index in [9.17, 15) is 31.5 Å². The van der Waals surface area contributed by atoms with Gasteiger partial charge < -0.3 is 10.0 Å². The van der Waals surface area contributed by atoms with Crippen molar-refractivity contribution in [1.82, 2.24) is 4.90 Å². The first-order chi connectivity index (χ1) is 15.2. The molecule has 3 rings (SSSR count). The summed E-state index contributed by atoms with van der Waals surface area (Å²) in [6.07, 6.45) is -3.94. The maximum atomic E-state index is 13.3. The summed E-state index contributed by atoms with van der Waals surface area (Å²) >= 11 is 0. The molecule has 0 radical (unpaired) electrons. The lowest BCUT2D eigenvalue weighted by molar-refractivity contribution is -0.152. The lowest BCUT2D eigenvalue weighted by atomic mass is 9.85. The minimum absolute atomic E-state index is 0.244. The van der Waals surface area contributed by atoms with Crippen molar-refractivity contribution in [2.45, 2.75) is 55.0 Å². The fourth-order valence-electron chi connectivity index (χ4n) is 4.33. The second-order valence-corrected chi connectivity index (χ2v) is 11.7. The molecule has 2 aromatic rings. The molecule has 1 amide bonds. The quantitative estimate of drug-likeness (QED) is 0.684. The minimum atomic E-state index is -4.64. The van der Waals surface area contributed by atoms with Crippen molar-refractivity contribution >= 4 is 15.7 Å². The monoisotopic (exact) mass is 483 g/mol. The molecular formula is C24H28F3NO4S. The summed E-state index contributed by atoms with van der Waals surface area (Å²) in [5, 5.41) is 10.8. The first-order valence-corrected chi connectivity index (χ1v) is 12.2. The Balaban J connectivity index is 1.76. The van der Waals surface area contributed by atoms with E-state index in [0.717, 1.165) is 12.1 Å². The molecule has 0 aliphatic carbocycles. The van der Waals surface area contributed by atoms with Gasteiger partial charge in [0.15, 0.2) is 15.4 Å². The van der Waals surface area contributed by atoms with Crippen molar-refractivity contribution in [1.29, 1.82) is 0 Å². The average molecular weight is 484 g/mol. The molecule has 1 atom stereocenters. The van der Waals surface area contributed by atoms with E-state index < -0.39 is 37.8 Å². The zero-order valence-corrected chi connectivity index (χ0v) is 19.6. The number of hydrogen-bond donors (Lipinski definition) is 1. The molecule has 180 valence electrons. The third kappa shape index (κ3) is 4.80. The molecule has 1 aliphatic rings. The minimum Gasteiger partial charge on any atom is -0.376 e. The standard InChI is InChI=1S/C24H28F3NO4S/c1-22(2,33(31,32)20-11-7-10-19(16-20)24(25,26)27)17-12-14-28(15-13-17)21(29)23(3,30)18-8-5-4-6-9-18/h4-11,16-17,30H,12-15H2,1-3H3. The fourth-order valence-corrected chi connectivity index (χ4v) is 6.16. The highest BCUT2D eigenvalue weighted by Gasteiger charge is 2.46. The van der Waals surface area contributed by atoms with Crippen molar-refractivity contribution in [3.63, 3.8) is 0 Å². The Morgan fingerprint density at radius 1 is 0.939 bits per heavy atom. The number of likely N-dealkylation sites (tertiary alicyclic amines) is 1. The molecule has 0 bridgehead atoms. The number of alkyl halides is 3. The summed E-state index contributed by atoms with van der Waals surface area (Å²) in [7, 11) is -4.08. The molecule has 1 aliphatic heterocycles. The van der Waals surface area contributed by atoms with Crippen molar-refractivity contribution in [2.24, 2.45) is 5.92 Å². The zero-order chi connectivity index (χ0) is 24.7. The summed E-state index contributed by atoms with van der Waals surface area (Å²) in [5.41, 5.74) is -2.26. The number of halogens is 3. The van der Waals surface area contributed by atoms with E-state index in [4.69, 9.17) is 0 Å². The van der Waals surface area contributed by atoms with Crippen LogP contribution in [0.4, 0.5) is 13.2 Å². The fraction of sp³-hybridized carbons (Fsp3) is 0.458. The van der Waals surface area contributed by atoms with Crippen LogP contribution in [-0.2, 0) is 26.4 Å². The number of carbonyl (C=O) groups excluding carboxylic acids is 1. The van der Waals surface area contributed by atoms with E-state index in [1.165, 1.54) is 31.7 Å². The normalized spacial score (nSPS) is 18.1. The molecule has 2 aromatic carbocycles. The van der Waals surface area contributed by atoms with Gasteiger partial charge in [0, 0.05) is 13.1 Å². The molecule has 1 unspecified atom stereocenters. The van der Waals surface area contributed by atoms with Crippen LogP contribution in [0.2, 0.25) is 0 Å². The highest BCUT2D eigenvalue weighted by atomic mass is 32.2. The molecule has 0 aromatic heterocycles. The summed E-state index contributed by atoms with van der Waals surface area (Å²) in [6.45, 7) is 4.95. The predicted octanol–water partition coefficient (Wildman–Crippen LogP) is 4.40. The van der Waals surface area contributed by atoms with Crippen molar-refractivity contribution in [3.8, 4) is 0 Å². The highest BCUT2D eigenvalue weighted by Crippen LogP contribution is 2.40. The SMILES string of the molecule is CC(O)(C(=O)N1CCC(C(C)(C)S(=O)(=O)c2cccc(C(F)(F)F)c2)CC1)c1ccccc1. The number of sulfone groups is 1. The molecule has 1 heterocycles. The van der Waals surface area contributed by atoms with Crippen molar-refractivity contribution in [2.75, 3.05) is 13.1 Å². The van der Waals surface area contributed by atoms with Crippen LogP contribution in [-0.4, -0.2) is 42.2 Å². The zero-order valence-electron chi connectivity index (χ0n) is 18.8. The maximum Gasteiger partial charge on any atom is 0.416 e. The van der Waals surface area contributed by atoms with E-state index in [0.29, 0.717) is 24.5 Å². The van der Waals surface area contributed by atoms with Gasteiger partial charge in [-0.3, -0.25) is 4.79 Å². The average Bonchev–Trinajstić information content (AvgIpc) is 2.78. The Kier molecular flexibility index (Phi) is 6.70. The summed E-state index contributed by atoms with van der Waals surface area (Å²) in [5.74, 6) is -0.839. The van der Waals surface area contributed by atoms with Gasteiger partial charge in [0.05, 0.1) is 15.2 Å². The molecule has 5 nitrogen and oxygen atoms in total. The number of piperidine rings is 1.